The lowest BCUT2D eigenvalue weighted by Crippen LogP contribution is -1.99. The average molecular weight is 295 g/mol. The fourth-order valence-electron chi connectivity index (χ4n) is 1.92. The molecular weight excluding hydrogens is 274 g/mol. The van der Waals surface area contributed by atoms with Crippen LogP contribution in [0.3, 0.4) is 0 Å². The number of carbonyl (C=O) groups is 1. The van der Waals surface area contributed by atoms with Crippen molar-refractivity contribution in [1.29, 1.82) is 0 Å². The molecule has 0 spiro atoms. The van der Waals surface area contributed by atoms with Crippen LogP contribution in [-0.4, -0.2) is 24.4 Å². The van der Waals surface area contributed by atoms with Crippen LogP contribution in [0.15, 0.2) is 18.2 Å². The Kier molecular flexibility index (Phi) is 7.21. The smallest absolute Gasteiger partial charge is 0.311 e. The second kappa shape index (κ2) is 8.94. The summed E-state index contributed by atoms with van der Waals surface area (Å²) < 4.78 is 10.5. The van der Waals surface area contributed by atoms with E-state index >= 15 is 0 Å². The molecule has 21 heavy (non-hydrogen) atoms. The molecular formula is C15H21NO5. The maximum absolute atomic E-state index is 10.8. The number of unbranched alkanes of at least 4 members (excludes halogenated alkanes) is 3. The van der Waals surface area contributed by atoms with E-state index in [0.29, 0.717) is 18.8 Å². The monoisotopic (exact) mass is 295 g/mol. The molecule has 116 valence electrons. The first-order chi connectivity index (χ1) is 10.0. The Morgan fingerprint density at radius 2 is 1.95 bits per heavy atom. The molecule has 0 heterocycles. The summed E-state index contributed by atoms with van der Waals surface area (Å²) in [4.78, 5) is 21.0. The number of hydrogen-bond donors (Lipinski definition) is 0. The third kappa shape index (κ3) is 6.25. The van der Waals surface area contributed by atoms with Crippen molar-refractivity contribution in [2.75, 3.05) is 13.7 Å². The van der Waals surface area contributed by atoms with Gasteiger partial charge in [0.1, 0.15) is 11.5 Å². The largest absolute Gasteiger partial charge is 0.493 e. The van der Waals surface area contributed by atoms with Gasteiger partial charge in [-0.15, -0.1) is 0 Å². The number of nitro benzene ring substituents is 1. The second-order valence-corrected chi connectivity index (χ2v) is 4.81. The van der Waals surface area contributed by atoms with Crippen molar-refractivity contribution in [2.45, 2.75) is 39.0 Å². The Morgan fingerprint density at radius 3 is 2.57 bits per heavy atom. The highest BCUT2D eigenvalue weighted by atomic mass is 16.6. The number of benzene rings is 1. The lowest BCUT2D eigenvalue weighted by Gasteiger charge is -2.08. The Labute approximate surface area is 124 Å². The molecule has 6 heteroatoms. The number of nitrogens with zero attached hydrogens (tertiary/aromatic N) is 1. The Hall–Kier alpha value is -2.11. The summed E-state index contributed by atoms with van der Waals surface area (Å²) in [5.41, 5.74) is -0.0749. The van der Waals surface area contributed by atoms with Gasteiger partial charge in [-0.05, 0) is 25.8 Å². The van der Waals surface area contributed by atoms with Crippen LogP contribution in [-0.2, 0) is 4.79 Å². The number of ether oxygens (including phenoxy) is 2. The fraction of sp³-hybridized carbons (Fsp3) is 0.533. The van der Waals surface area contributed by atoms with Crippen LogP contribution in [0.5, 0.6) is 11.5 Å². The molecule has 0 aliphatic rings. The van der Waals surface area contributed by atoms with Gasteiger partial charge in [0, 0.05) is 18.6 Å². The summed E-state index contributed by atoms with van der Waals surface area (Å²) in [7, 11) is 1.39. The number of carbonyl (C=O) groups excluding carboxylic acids is 1. The molecule has 1 rings (SSSR count). The fourth-order valence-corrected chi connectivity index (χ4v) is 1.92. The molecule has 0 fully saturated rings. The minimum Gasteiger partial charge on any atom is -0.493 e. The van der Waals surface area contributed by atoms with E-state index < -0.39 is 4.92 Å². The van der Waals surface area contributed by atoms with Gasteiger partial charge >= 0.3 is 5.69 Å². The van der Waals surface area contributed by atoms with E-state index in [1.54, 1.807) is 13.0 Å². The summed E-state index contributed by atoms with van der Waals surface area (Å²) in [5, 5.41) is 10.8. The van der Waals surface area contributed by atoms with Gasteiger partial charge in [-0.3, -0.25) is 10.1 Å². The molecule has 0 radical (unpaired) electrons. The molecule has 0 aliphatic carbocycles. The van der Waals surface area contributed by atoms with E-state index in [0.717, 1.165) is 25.7 Å². The normalized spacial score (nSPS) is 10.2. The lowest BCUT2D eigenvalue weighted by atomic mass is 10.1. The molecule has 0 N–H and O–H groups in total. The van der Waals surface area contributed by atoms with Crippen LogP contribution >= 0.6 is 0 Å². The molecule has 1 aromatic carbocycles. The predicted molar refractivity (Wildman–Crippen MR) is 78.9 cm³/mol. The lowest BCUT2D eigenvalue weighted by molar-refractivity contribution is -0.385. The number of hydrogen-bond acceptors (Lipinski definition) is 5. The Bertz CT molecular complexity index is 487. The molecule has 0 saturated heterocycles. The Balaban J connectivity index is 2.32. The highest BCUT2D eigenvalue weighted by Crippen LogP contribution is 2.30. The number of Topliss-reactive ketones (excluding diaryl/α,β-unsaturated/α-hetero) is 1. The average Bonchev–Trinajstić information content (AvgIpc) is 2.45. The molecule has 0 unspecified atom stereocenters. The number of ketones is 1. The SMILES string of the molecule is COc1cc(OCCCCCCC(C)=O)ccc1[N+](=O)[O-]. The summed E-state index contributed by atoms with van der Waals surface area (Å²) >= 11 is 0. The van der Waals surface area contributed by atoms with Crippen molar-refractivity contribution in [3.8, 4) is 11.5 Å². The van der Waals surface area contributed by atoms with Gasteiger partial charge in [0.05, 0.1) is 18.6 Å². The maximum atomic E-state index is 10.8. The van der Waals surface area contributed by atoms with Crippen molar-refractivity contribution < 1.29 is 19.2 Å². The van der Waals surface area contributed by atoms with E-state index in [-0.39, 0.29) is 17.2 Å². The van der Waals surface area contributed by atoms with Crippen molar-refractivity contribution in [3.63, 3.8) is 0 Å². The quantitative estimate of drug-likeness (QED) is 0.375. The number of nitro groups is 1. The molecule has 0 saturated carbocycles. The van der Waals surface area contributed by atoms with Gasteiger partial charge in [-0.1, -0.05) is 12.8 Å². The van der Waals surface area contributed by atoms with E-state index in [9.17, 15) is 14.9 Å². The zero-order valence-electron chi connectivity index (χ0n) is 12.5. The van der Waals surface area contributed by atoms with Gasteiger partial charge in [-0.2, -0.15) is 0 Å². The molecule has 0 aromatic heterocycles. The minimum absolute atomic E-state index is 0.0749. The summed E-state index contributed by atoms with van der Waals surface area (Å²) in [6.07, 6.45) is 4.45. The van der Waals surface area contributed by atoms with E-state index in [1.165, 1.54) is 19.2 Å². The summed E-state index contributed by atoms with van der Waals surface area (Å²) in [5.74, 6) is 0.976. The topological polar surface area (TPSA) is 78.7 Å². The van der Waals surface area contributed by atoms with E-state index in [2.05, 4.69) is 0 Å². The molecule has 0 atom stereocenters. The summed E-state index contributed by atoms with van der Waals surface area (Å²) in [6.45, 7) is 2.14. The van der Waals surface area contributed by atoms with Gasteiger partial charge in [0.15, 0.2) is 0 Å². The van der Waals surface area contributed by atoms with Crippen LogP contribution < -0.4 is 9.47 Å². The second-order valence-electron chi connectivity index (χ2n) is 4.81. The maximum Gasteiger partial charge on any atom is 0.311 e. The first-order valence-electron chi connectivity index (χ1n) is 6.99. The standard InChI is InChI=1S/C15H21NO5/c1-12(17)7-5-3-4-6-10-21-13-8-9-14(16(18)19)15(11-13)20-2/h8-9,11H,3-7,10H2,1-2H3. The zero-order chi connectivity index (χ0) is 15.7. The van der Waals surface area contributed by atoms with Crippen LogP contribution in [0.25, 0.3) is 0 Å². The molecule has 1 aromatic rings. The Morgan fingerprint density at radius 1 is 1.24 bits per heavy atom. The van der Waals surface area contributed by atoms with E-state index in [1.807, 2.05) is 0 Å². The van der Waals surface area contributed by atoms with E-state index in [4.69, 9.17) is 9.47 Å². The third-order valence-electron chi connectivity index (χ3n) is 3.04. The van der Waals surface area contributed by atoms with Crippen LogP contribution in [0, 0.1) is 10.1 Å². The number of methoxy groups -OCH3 is 1. The first kappa shape index (κ1) is 16.9. The zero-order valence-corrected chi connectivity index (χ0v) is 12.5. The first-order valence-corrected chi connectivity index (χ1v) is 6.99. The van der Waals surface area contributed by atoms with Gasteiger partial charge < -0.3 is 14.3 Å². The minimum atomic E-state index is -0.488. The van der Waals surface area contributed by atoms with Gasteiger partial charge in [0.25, 0.3) is 0 Å². The van der Waals surface area contributed by atoms with Crippen LogP contribution in [0.1, 0.15) is 39.0 Å². The predicted octanol–water partition coefficient (Wildman–Crippen LogP) is 3.52. The van der Waals surface area contributed by atoms with Crippen molar-refractivity contribution in [2.24, 2.45) is 0 Å². The van der Waals surface area contributed by atoms with Crippen LogP contribution in [0.2, 0.25) is 0 Å². The van der Waals surface area contributed by atoms with Crippen LogP contribution in [0.4, 0.5) is 5.69 Å². The van der Waals surface area contributed by atoms with Crippen molar-refractivity contribution >= 4 is 11.5 Å². The third-order valence-corrected chi connectivity index (χ3v) is 3.04. The molecule has 6 nitrogen and oxygen atoms in total. The molecule has 0 amide bonds. The summed E-state index contributed by atoms with van der Waals surface area (Å²) in [6, 6.07) is 4.46. The number of rotatable bonds is 10. The van der Waals surface area contributed by atoms with Crippen molar-refractivity contribution in [3.05, 3.63) is 28.3 Å². The van der Waals surface area contributed by atoms with Gasteiger partial charge in [-0.25, -0.2) is 0 Å². The highest BCUT2D eigenvalue weighted by molar-refractivity contribution is 5.75. The molecule has 0 aliphatic heterocycles. The van der Waals surface area contributed by atoms with Gasteiger partial charge in [0.2, 0.25) is 5.75 Å². The van der Waals surface area contributed by atoms with Crippen molar-refractivity contribution in [1.82, 2.24) is 0 Å². The molecule has 0 bridgehead atoms. The highest BCUT2D eigenvalue weighted by Gasteiger charge is 2.14.